The number of benzene rings is 1. The Kier molecular flexibility index (Phi) is 3.65. The van der Waals surface area contributed by atoms with Crippen LogP contribution in [-0.4, -0.2) is 29.7 Å². The fourth-order valence-corrected chi connectivity index (χ4v) is 1.03. The molecule has 16 heavy (non-hydrogen) atoms. The zero-order valence-corrected chi connectivity index (χ0v) is 8.37. The topological polar surface area (TPSA) is 98.9 Å². The van der Waals surface area contributed by atoms with E-state index >= 15 is 0 Å². The van der Waals surface area contributed by atoms with E-state index in [1.165, 1.54) is 19.2 Å². The summed E-state index contributed by atoms with van der Waals surface area (Å²) in [6.07, 6.45) is 0. The van der Waals surface area contributed by atoms with Crippen LogP contribution in [0.1, 0.15) is 0 Å². The molecule has 0 radical (unpaired) electrons. The highest BCUT2D eigenvalue weighted by Gasteiger charge is 2.17. The van der Waals surface area contributed by atoms with Gasteiger partial charge in [-0.25, -0.2) is 4.79 Å². The van der Waals surface area contributed by atoms with E-state index in [1.807, 2.05) is 0 Å². The average molecular weight is 227 g/mol. The van der Waals surface area contributed by atoms with Gasteiger partial charge in [-0.05, 0) is 12.1 Å². The molecule has 0 amide bonds. The number of hydrogen-bond acceptors (Lipinski definition) is 5. The van der Waals surface area contributed by atoms with Crippen LogP contribution in [0.5, 0.6) is 11.5 Å². The molecule has 0 unspecified atom stereocenters. The molecule has 86 valence electrons. The minimum atomic E-state index is -1.20. The van der Waals surface area contributed by atoms with Crippen LogP contribution in [0.4, 0.5) is 5.69 Å². The van der Waals surface area contributed by atoms with Crippen molar-refractivity contribution in [3.8, 4) is 11.5 Å². The van der Waals surface area contributed by atoms with Gasteiger partial charge in [0.1, 0.15) is 5.75 Å². The summed E-state index contributed by atoms with van der Waals surface area (Å²) in [6.45, 7) is -0.632. The lowest BCUT2D eigenvalue weighted by Gasteiger charge is -2.05. The SMILES string of the molecule is COc1ccc(OCC(=O)O)c([N+](=O)[O-])c1. The van der Waals surface area contributed by atoms with E-state index in [-0.39, 0.29) is 11.4 Å². The summed E-state index contributed by atoms with van der Waals surface area (Å²) >= 11 is 0. The molecule has 1 aromatic carbocycles. The Bertz CT molecular complexity index is 416. The summed E-state index contributed by atoms with van der Waals surface area (Å²) in [6, 6.07) is 3.90. The Labute approximate surface area is 90.4 Å². The molecular formula is C9H9NO6. The molecule has 7 heteroatoms. The molecule has 0 atom stereocenters. The second-order valence-corrected chi connectivity index (χ2v) is 2.77. The lowest BCUT2D eigenvalue weighted by atomic mass is 10.3. The van der Waals surface area contributed by atoms with Crippen molar-refractivity contribution >= 4 is 11.7 Å². The van der Waals surface area contributed by atoms with Gasteiger partial charge in [-0.1, -0.05) is 0 Å². The minimum Gasteiger partial charge on any atom is -0.496 e. The van der Waals surface area contributed by atoms with Crippen LogP contribution < -0.4 is 9.47 Å². The van der Waals surface area contributed by atoms with Gasteiger partial charge in [-0.15, -0.1) is 0 Å². The number of nitro benzene ring substituents is 1. The number of methoxy groups -OCH3 is 1. The number of ether oxygens (including phenoxy) is 2. The van der Waals surface area contributed by atoms with Gasteiger partial charge in [0, 0.05) is 0 Å². The number of aliphatic carboxylic acids is 1. The van der Waals surface area contributed by atoms with E-state index in [9.17, 15) is 14.9 Å². The number of carboxylic acid groups (broad SMARTS) is 1. The fourth-order valence-electron chi connectivity index (χ4n) is 1.03. The zero-order chi connectivity index (χ0) is 12.1. The molecule has 0 aromatic heterocycles. The third-order valence-corrected chi connectivity index (χ3v) is 1.71. The summed E-state index contributed by atoms with van der Waals surface area (Å²) in [5, 5.41) is 19.0. The Hall–Kier alpha value is -2.31. The molecular weight excluding hydrogens is 218 g/mol. The maximum Gasteiger partial charge on any atom is 0.341 e. The molecule has 1 N–H and O–H groups in total. The van der Waals surface area contributed by atoms with Gasteiger partial charge >= 0.3 is 11.7 Å². The van der Waals surface area contributed by atoms with Gasteiger partial charge in [0.15, 0.2) is 12.4 Å². The summed E-state index contributed by atoms with van der Waals surface area (Å²) in [4.78, 5) is 20.2. The van der Waals surface area contributed by atoms with Crippen molar-refractivity contribution in [2.75, 3.05) is 13.7 Å². The first-order chi connectivity index (χ1) is 7.54. The zero-order valence-electron chi connectivity index (χ0n) is 8.37. The molecule has 0 aliphatic carbocycles. The van der Waals surface area contributed by atoms with Crippen LogP contribution in [0.3, 0.4) is 0 Å². The monoisotopic (exact) mass is 227 g/mol. The normalized spacial score (nSPS) is 9.56. The minimum absolute atomic E-state index is 0.104. The molecule has 0 saturated heterocycles. The van der Waals surface area contributed by atoms with Crippen LogP contribution >= 0.6 is 0 Å². The quantitative estimate of drug-likeness (QED) is 0.596. The summed E-state index contributed by atoms with van der Waals surface area (Å²) in [5.74, 6) is -1.01. The lowest BCUT2D eigenvalue weighted by Crippen LogP contribution is -2.10. The summed E-state index contributed by atoms with van der Waals surface area (Å²) in [7, 11) is 1.37. The number of carbonyl (C=O) groups is 1. The molecule has 0 fully saturated rings. The molecule has 0 aliphatic rings. The summed E-state index contributed by atoms with van der Waals surface area (Å²) < 4.78 is 9.57. The van der Waals surface area contributed by atoms with Crippen molar-refractivity contribution in [1.82, 2.24) is 0 Å². The second-order valence-electron chi connectivity index (χ2n) is 2.77. The maximum atomic E-state index is 10.7. The Morgan fingerprint density at radius 1 is 1.56 bits per heavy atom. The number of nitro groups is 1. The van der Waals surface area contributed by atoms with Crippen LogP contribution in [0.25, 0.3) is 0 Å². The molecule has 0 saturated carbocycles. The third-order valence-electron chi connectivity index (χ3n) is 1.71. The smallest absolute Gasteiger partial charge is 0.341 e. The second kappa shape index (κ2) is 4.96. The van der Waals surface area contributed by atoms with Crippen LogP contribution in [0.15, 0.2) is 18.2 Å². The van der Waals surface area contributed by atoms with Crippen molar-refractivity contribution < 1.29 is 24.3 Å². The molecule has 7 nitrogen and oxygen atoms in total. The van der Waals surface area contributed by atoms with Gasteiger partial charge in [0.25, 0.3) is 0 Å². The molecule has 0 spiro atoms. The predicted molar refractivity (Wildman–Crippen MR) is 52.8 cm³/mol. The standard InChI is InChI=1S/C9H9NO6/c1-15-6-2-3-8(16-5-9(11)12)7(4-6)10(13)14/h2-4H,5H2,1H3,(H,11,12). The average Bonchev–Trinajstić information content (AvgIpc) is 2.25. The van der Waals surface area contributed by atoms with Crippen molar-refractivity contribution in [3.05, 3.63) is 28.3 Å². The van der Waals surface area contributed by atoms with E-state index in [0.29, 0.717) is 5.75 Å². The van der Waals surface area contributed by atoms with E-state index in [2.05, 4.69) is 0 Å². The first-order valence-corrected chi connectivity index (χ1v) is 4.21. The van der Waals surface area contributed by atoms with Crippen molar-refractivity contribution in [2.45, 2.75) is 0 Å². The molecule has 1 rings (SSSR count). The maximum absolute atomic E-state index is 10.7. The van der Waals surface area contributed by atoms with E-state index in [4.69, 9.17) is 14.6 Å². The highest BCUT2D eigenvalue weighted by atomic mass is 16.6. The third kappa shape index (κ3) is 2.84. The van der Waals surface area contributed by atoms with Crippen LogP contribution in [-0.2, 0) is 4.79 Å². The van der Waals surface area contributed by atoms with Crippen molar-refractivity contribution in [2.24, 2.45) is 0 Å². The van der Waals surface area contributed by atoms with Gasteiger partial charge in [0.2, 0.25) is 0 Å². The Morgan fingerprint density at radius 2 is 2.25 bits per heavy atom. The molecule has 0 bridgehead atoms. The number of carboxylic acids is 1. The first-order valence-electron chi connectivity index (χ1n) is 4.21. The molecule has 0 aliphatic heterocycles. The van der Waals surface area contributed by atoms with Gasteiger partial charge in [0.05, 0.1) is 18.1 Å². The number of rotatable bonds is 5. The van der Waals surface area contributed by atoms with Crippen molar-refractivity contribution in [1.29, 1.82) is 0 Å². The fraction of sp³-hybridized carbons (Fsp3) is 0.222. The molecule has 0 heterocycles. The van der Waals surface area contributed by atoms with Gasteiger partial charge < -0.3 is 14.6 Å². The highest BCUT2D eigenvalue weighted by Crippen LogP contribution is 2.30. The number of nitrogens with zero attached hydrogens (tertiary/aromatic N) is 1. The van der Waals surface area contributed by atoms with Gasteiger partial charge in [-0.3, -0.25) is 10.1 Å². The number of hydrogen-bond donors (Lipinski definition) is 1. The van der Waals surface area contributed by atoms with E-state index < -0.39 is 17.5 Å². The predicted octanol–water partition coefficient (Wildman–Crippen LogP) is 1.07. The lowest BCUT2D eigenvalue weighted by molar-refractivity contribution is -0.385. The van der Waals surface area contributed by atoms with E-state index in [0.717, 1.165) is 6.07 Å². The van der Waals surface area contributed by atoms with Crippen molar-refractivity contribution in [3.63, 3.8) is 0 Å². The first kappa shape index (κ1) is 11.8. The largest absolute Gasteiger partial charge is 0.496 e. The highest BCUT2D eigenvalue weighted by molar-refractivity contribution is 5.68. The van der Waals surface area contributed by atoms with E-state index in [1.54, 1.807) is 0 Å². The Balaban J connectivity index is 2.98. The van der Waals surface area contributed by atoms with Crippen LogP contribution in [0, 0.1) is 10.1 Å². The molecule has 1 aromatic rings. The summed E-state index contributed by atoms with van der Waals surface area (Å²) in [5.41, 5.74) is -0.333. The van der Waals surface area contributed by atoms with Gasteiger partial charge in [-0.2, -0.15) is 0 Å². The Morgan fingerprint density at radius 3 is 2.75 bits per heavy atom. The van der Waals surface area contributed by atoms with Crippen LogP contribution in [0.2, 0.25) is 0 Å².